The lowest BCUT2D eigenvalue weighted by atomic mass is 10.00. The minimum absolute atomic E-state index is 0.0893. The number of hydrogen-bond acceptors (Lipinski definition) is 3. The third kappa shape index (κ3) is 4.74. The fourth-order valence-corrected chi connectivity index (χ4v) is 4.22. The van der Waals surface area contributed by atoms with Crippen molar-refractivity contribution < 1.29 is 9.18 Å². The van der Waals surface area contributed by atoms with Crippen molar-refractivity contribution in [2.75, 3.05) is 11.4 Å². The van der Waals surface area contributed by atoms with Gasteiger partial charge in [-0.1, -0.05) is 42.5 Å². The number of hydrogen-bond donors (Lipinski definition) is 1. The third-order valence-electron chi connectivity index (χ3n) is 6.22. The number of halogens is 1. The molecule has 32 heavy (non-hydrogen) atoms. The molecule has 1 aliphatic heterocycles. The van der Waals surface area contributed by atoms with Crippen molar-refractivity contribution >= 4 is 11.8 Å². The van der Waals surface area contributed by atoms with Crippen molar-refractivity contribution in [2.24, 2.45) is 0 Å². The molecule has 5 rings (SSSR count). The lowest BCUT2D eigenvalue weighted by Gasteiger charge is -2.29. The van der Waals surface area contributed by atoms with E-state index in [9.17, 15) is 9.18 Å². The lowest BCUT2D eigenvalue weighted by Crippen LogP contribution is -2.40. The predicted octanol–water partition coefficient (Wildman–Crippen LogP) is 4.66. The molecule has 1 fully saturated rings. The first-order valence-corrected chi connectivity index (χ1v) is 11.2. The highest BCUT2D eigenvalue weighted by Gasteiger charge is 2.32. The van der Waals surface area contributed by atoms with E-state index in [-0.39, 0.29) is 17.9 Å². The first-order valence-electron chi connectivity index (χ1n) is 11.2. The quantitative estimate of drug-likeness (QED) is 0.619. The van der Waals surface area contributed by atoms with Gasteiger partial charge in [0.15, 0.2) is 0 Å². The number of carbonyl (C=O) groups excluding carboxylic acids is 1. The number of rotatable bonds is 6. The van der Waals surface area contributed by atoms with Crippen LogP contribution in [-0.4, -0.2) is 28.5 Å². The standard InChI is InChI=1S/C26H27FN4O/c27-23-8-5-19(6-9-23)17-31(24-10-11-24)26(32)29-16-20-7-12-25(28-15-20)30-14-13-21-3-1-2-4-22(21)18-30/h1-9,12,15,24H,10-11,13-14,16-18H2,(H,29,32). The number of benzene rings is 2. The molecule has 2 heterocycles. The molecule has 2 aliphatic rings. The number of pyridine rings is 1. The Hall–Kier alpha value is -3.41. The van der Waals surface area contributed by atoms with E-state index in [1.807, 2.05) is 23.2 Å². The molecular weight excluding hydrogens is 403 g/mol. The number of urea groups is 1. The molecule has 0 atom stereocenters. The number of carbonyl (C=O) groups is 1. The van der Waals surface area contributed by atoms with E-state index in [4.69, 9.17) is 0 Å². The zero-order valence-electron chi connectivity index (χ0n) is 18.0. The second-order valence-electron chi connectivity index (χ2n) is 8.61. The van der Waals surface area contributed by atoms with Crippen molar-refractivity contribution in [3.05, 3.63) is 94.9 Å². The fourth-order valence-electron chi connectivity index (χ4n) is 4.22. The summed E-state index contributed by atoms with van der Waals surface area (Å²) in [6, 6.07) is 19.2. The van der Waals surface area contributed by atoms with Crippen LogP contribution in [-0.2, 0) is 26.1 Å². The molecule has 0 bridgehead atoms. The summed E-state index contributed by atoms with van der Waals surface area (Å²) in [6.45, 7) is 2.75. The SMILES string of the molecule is O=C(NCc1ccc(N2CCc3ccccc3C2)nc1)N(Cc1ccc(F)cc1)C1CC1. The van der Waals surface area contributed by atoms with Gasteiger partial charge in [0.05, 0.1) is 0 Å². The van der Waals surface area contributed by atoms with Gasteiger partial charge in [0.2, 0.25) is 0 Å². The molecule has 0 unspecified atom stereocenters. The van der Waals surface area contributed by atoms with Crippen molar-refractivity contribution in [1.29, 1.82) is 0 Å². The van der Waals surface area contributed by atoms with Crippen molar-refractivity contribution in [3.63, 3.8) is 0 Å². The highest BCUT2D eigenvalue weighted by Crippen LogP contribution is 2.28. The van der Waals surface area contributed by atoms with Crippen LogP contribution in [0.4, 0.5) is 15.0 Å². The lowest BCUT2D eigenvalue weighted by molar-refractivity contribution is 0.191. The number of anilines is 1. The Kier molecular flexibility index (Phi) is 5.75. The van der Waals surface area contributed by atoms with Gasteiger partial charge in [-0.2, -0.15) is 0 Å². The molecule has 164 valence electrons. The number of nitrogens with zero attached hydrogens (tertiary/aromatic N) is 3. The molecular formula is C26H27FN4O. The highest BCUT2D eigenvalue weighted by atomic mass is 19.1. The third-order valence-corrected chi connectivity index (χ3v) is 6.22. The summed E-state index contributed by atoms with van der Waals surface area (Å²) >= 11 is 0. The Labute approximate surface area is 187 Å². The van der Waals surface area contributed by atoms with Gasteiger partial charge >= 0.3 is 6.03 Å². The van der Waals surface area contributed by atoms with Gasteiger partial charge in [-0.3, -0.25) is 0 Å². The van der Waals surface area contributed by atoms with E-state index in [1.54, 1.807) is 12.1 Å². The van der Waals surface area contributed by atoms with Crippen LogP contribution in [0.2, 0.25) is 0 Å². The van der Waals surface area contributed by atoms with Crippen LogP contribution in [0.5, 0.6) is 0 Å². The Morgan fingerprint density at radius 3 is 2.50 bits per heavy atom. The van der Waals surface area contributed by atoms with Crippen LogP contribution in [0.25, 0.3) is 0 Å². The van der Waals surface area contributed by atoms with Crippen molar-refractivity contribution in [2.45, 2.75) is 44.9 Å². The summed E-state index contributed by atoms with van der Waals surface area (Å²) in [5.41, 5.74) is 4.68. The van der Waals surface area contributed by atoms with Gasteiger partial charge in [0.1, 0.15) is 11.6 Å². The van der Waals surface area contributed by atoms with Crippen molar-refractivity contribution in [1.82, 2.24) is 15.2 Å². The van der Waals surface area contributed by atoms with Crippen LogP contribution in [0, 0.1) is 5.82 Å². The van der Waals surface area contributed by atoms with Gasteiger partial charge in [-0.15, -0.1) is 0 Å². The molecule has 5 nitrogen and oxygen atoms in total. The Morgan fingerprint density at radius 1 is 1.03 bits per heavy atom. The number of amides is 2. The summed E-state index contributed by atoms with van der Waals surface area (Å²) in [5, 5.41) is 3.02. The zero-order chi connectivity index (χ0) is 21.9. The summed E-state index contributed by atoms with van der Waals surface area (Å²) in [5.74, 6) is 0.700. The number of nitrogens with one attached hydrogen (secondary N) is 1. The van der Waals surface area contributed by atoms with E-state index in [0.29, 0.717) is 13.1 Å². The number of aromatic nitrogens is 1. The van der Waals surface area contributed by atoms with Crippen LogP contribution in [0.15, 0.2) is 66.9 Å². The van der Waals surface area contributed by atoms with Gasteiger partial charge in [-0.25, -0.2) is 14.2 Å². The molecule has 6 heteroatoms. The molecule has 0 spiro atoms. The largest absolute Gasteiger partial charge is 0.352 e. The van der Waals surface area contributed by atoms with E-state index in [2.05, 4.69) is 39.5 Å². The zero-order valence-corrected chi connectivity index (χ0v) is 18.0. The second kappa shape index (κ2) is 8.99. The predicted molar refractivity (Wildman–Crippen MR) is 123 cm³/mol. The summed E-state index contributed by atoms with van der Waals surface area (Å²) in [7, 11) is 0. The van der Waals surface area contributed by atoms with Gasteiger partial charge in [0.25, 0.3) is 0 Å². The summed E-state index contributed by atoms with van der Waals surface area (Å²) in [4.78, 5) is 21.6. The smallest absolute Gasteiger partial charge is 0.318 e. The average molecular weight is 431 g/mol. The van der Waals surface area contributed by atoms with Crippen LogP contribution >= 0.6 is 0 Å². The first kappa shape index (κ1) is 20.5. The summed E-state index contributed by atoms with van der Waals surface area (Å²) in [6.07, 6.45) is 4.91. The molecule has 1 aliphatic carbocycles. The maximum atomic E-state index is 13.2. The first-order chi connectivity index (χ1) is 15.7. The molecule has 0 radical (unpaired) electrons. The minimum Gasteiger partial charge on any atom is -0.352 e. The number of fused-ring (bicyclic) bond motifs is 1. The second-order valence-corrected chi connectivity index (χ2v) is 8.61. The molecule has 2 aromatic carbocycles. The Morgan fingerprint density at radius 2 is 1.78 bits per heavy atom. The van der Waals surface area contributed by atoms with E-state index in [1.165, 1.54) is 23.3 Å². The Balaban J connectivity index is 1.17. The molecule has 3 aromatic rings. The van der Waals surface area contributed by atoms with Gasteiger partial charge in [-0.05, 0) is 59.7 Å². The topological polar surface area (TPSA) is 48.5 Å². The summed E-state index contributed by atoms with van der Waals surface area (Å²) < 4.78 is 13.2. The monoisotopic (exact) mass is 430 g/mol. The normalized spacial score (nSPS) is 15.2. The van der Waals surface area contributed by atoms with Gasteiger partial charge in [0, 0.05) is 38.4 Å². The molecule has 0 saturated heterocycles. The van der Waals surface area contributed by atoms with E-state index >= 15 is 0 Å². The molecule has 1 saturated carbocycles. The molecule has 1 aromatic heterocycles. The maximum Gasteiger partial charge on any atom is 0.318 e. The van der Waals surface area contributed by atoms with Crippen LogP contribution in [0.3, 0.4) is 0 Å². The fraction of sp³-hybridized carbons (Fsp3) is 0.308. The average Bonchev–Trinajstić information content (AvgIpc) is 3.67. The van der Waals surface area contributed by atoms with E-state index < -0.39 is 0 Å². The molecule has 1 N–H and O–H groups in total. The maximum absolute atomic E-state index is 13.2. The Bertz CT molecular complexity index is 1080. The van der Waals surface area contributed by atoms with Crippen molar-refractivity contribution in [3.8, 4) is 0 Å². The van der Waals surface area contributed by atoms with E-state index in [0.717, 1.165) is 49.3 Å². The highest BCUT2D eigenvalue weighted by molar-refractivity contribution is 5.75. The van der Waals surface area contributed by atoms with Crippen LogP contribution in [0.1, 0.15) is 35.1 Å². The molecule has 2 amide bonds. The minimum atomic E-state index is -0.263. The van der Waals surface area contributed by atoms with Crippen LogP contribution < -0.4 is 10.2 Å². The van der Waals surface area contributed by atoms with Gasteiger partial charge < -0.3 is 15.1 Å².